The summed E-state index contributed by atoms with van der Waals surface area (Å²) in [4.78, 5) is 6.15. The number of hydrogen-bond donors (Lipinski definition) is 1. The van der Waals surface area contributed by atoms with Crippen molar-refractivity contribution in [1.82, 2.24) is 4.98 Å². The summed E-state index contributed by atoms with van der Waals surface area (Å²) < 4.78 is 0. The number of rotatable bonds is 4. The Bertz CT molecular complexity index is 349. The lowest BCUT2D eigenvalue weighted by Crippen LogP contribution is -2.16. The summed E-state index contributed by atoms with van der Waals surface area (Å²) in [5.74, 6) is 1.05. The molecule has 0 amide bonds. The third-order valence-corrected chi connectivity index (χ3v) is 5.76. The Hall–Kier alpha value is -0.0600. The zero-order valence-corrected chi connectivity index (χ0v) is 11.7. The molecule has 0 saturated heterocycles. The first kappa shape index (κ1) is 12.4. The van der Waals surface area contributed by atoms with E-state index in [0.29, 0.717) is 0 Å². The minimum Gasteiger partial charge on any atom is -0.323 e. The molecule has 2 rings (SSSR count). The van der Waals surface area contributed by atoms with Gasteiger partial charge in [0.1, 0.15) is 5.01 Å². The molecule has 2 unspecified atom stereocenters. The molecule has 0 fully saturated rings. The van der Waals surface area contributed by atoms with Crippen molar-refractivity contribution in [3.63, 3.8) is 0 Å². The topological polar surface area (TPSA) is 38.9 Å². The van der Waals surface area contributed by atoms with Gasteiger partial charge in [-0.1, -0.05) is 13.8 Å². The molecule has 2 N–H and O–H groups in total. The fourth-order valence-corrected chi connectivity index (χ4v) is 4.04. The summed E-state index contributed by atoms with van der Waals surface area (Å²) in [6.07, 6.45) is 4.76. The third-order valence-electron chi connectivity index (χ3n) is 3.11. The van der Waals surface area contributed by atoms with Gasteiger partial charge < -0.3 is 5.73 Å². The van der Waals surface area contributed by atoms with E-state index in [1.165, 1.54) is 34.8 Å². The predicted octanol–water partition coefficient (Wildman–Crippen LogP) is 3.51. The molecule has 0 bridgehead atoms. The van der Waals surface area contributed by atoms with Crippen molar-refractivity contribution >= 4 is 23.1 Å². The quantitative estimate of drug-likeness (QED) is 0.896. The van der Waals surface area contributed by atoms with Crippen molar-refractivity contribution in [2.45, 2.75) is 56.6 Å². The average molecular weight is 256 g/mol. The van der Waals surface area contributed by atoms with Crippen molar-refractivity contribution in [3.8, 4) is 0 Å². The minimum absolute atomic E-state index is 0.197. The van der Waals surface area contributed by atoms with E-state index in [1.54, 1.807) is 0 Å². The zero-order chi connectivity index (χ0) is 11.5. The van der Waals surface area contributed by atoms with Crippen LogP contribution in [-0.2, 0) is 12.2 Å². The molecule has 2 nitrogen and oxygen atoms in total. The Labute approximate surface area is 106 Å². The maximum Gasteiger partial charge on any atom is 0.103 e. The van der Waals surface area contributed by atoms with Gasteiger partial charge in [-0.3, -0.25) is 0 Å². The smallest absolute Gasteiger partial charge is 0.103 e. The van der Waals surface area contributed by atoms with E-state index in [2.05, 4.69) is 13.8 Å². The standard InChI is InChI=1S/C12H20N2S2/c1-3-8(2)15-7-11-14-12-9(13)5-4-6-10(12)16-11/h8-9H,3-7,13H2,1-2H3. The van der Waals surface area contributed by atoms with E-state index in [-0.39, 0.29) is 6.04 Å². The molecular weight excluding hydrogens is 236 g/mol. The van der Waals surface area contributed by atoms with Gasteiger partial charge >= 0.3 is 0 Å². The maximum atomic E-state index is 6.08. The molecule has 16 heavy (non-hydrogen) atoms. The van der Waals surface area contributed by atoms with Gasteiger partial charge in [0.25, 0.3) is 0 Å². The molecule has 0 saturated carbocycles. The second-order valence-electron chi connectivity index (χ2n) is 4.44. The molecule has 90 valence electrons. The van der Waals surface area contributed by atoms with Crippen molar-refractivity contribution in [2.75, 3.05) is 0 Å². The van der Waals surface area contributed by atoms with Crippen molar-refractivity contribution < 1.29 is 0 Å². The highest BCUT2D eigenvalue weighted by Crippen LogP contribution is 2.33. The predicted molar refractivity (Wildman–Crippen MR) is 73.0 cm³/mol. The number of thioether (sulfide) groups is 1. The summed E-state index contributed by atoms with van der Waals surface area (Å²) in [5.41, 5.74) is 7.27. The van der Waals surface area contributed by atoms with Crippen LogP contribution in [0.5, 0.6) is 0 Å². The van der Waals surface area contributed by atoms with Crippen molar-refractivity contribution in [2.24, 2.45) is 5.73 Å². The second-order valence-corrected chi connectivity index (χ2v) is 7.04. The highest BCUT2D eigenvalue weighted by Gasteiger charge is 2.21. The Kier molecular flexibility index (Phi) is 4.27. The largest absolute Gasteiger partial charge is 0.323 e. The van der Waals surface area contributed by atoms with Gasteiger partial charge in [0.15, 0.2) is 0 Å². The fraction of sp³-hybridized carbons (Fsp3) is 0.750. The summed E-state index contributed by atoms with van der Waals surface area (Å²) in [6, 6.07) is 0.197. The van der Waals surface area contributed by atoms with Crippen LogP contribution in [0.4, 0.5) is 0 Å². The monoisotopic (exact) mass is 256 g/mol. The van der Waals surface area contributed by atoms with Crippen LogP contribution in [0.1, 0.15) is 54.7 Å². The van der Waals surface area contributed by atoms with E-state index >= 15 is 0 Å². The summed E-state index contributed by atoms with van der Waals surface area (Å²) in [5, 5.41) is 2.00. The van der Waals surface area contributed by atoms with E-state index in [4.69, 9.17) is 10.7 Å². The summed E-state index contributed by atoms with van der Waals surface area (Å²) >= 11 is 3.88. The number of nitrogens with two attached hydrogens (primary N) is 1. The van der Waals surface area contributed by atoms with Gasteiger partial charge in [-0.15, -0.1) is 11.3 Å². The summed E-state index contributed by atoms with van der Waals surface area (Å²) in [6.45, 7) is 4.52. The first-order valence-corrected chi connectivity index (χ1v) is 7.93. The van der Waals surface area contributed by atoms with Crippen molar-refractivity contribution in [3.05, 3.63) is 15.6 Å². The highest BCUT2D eigenvalue weighted by atomic mass is 32.2. The summed E-state index contributed by atoms with van der Waals surface area (Å²) in [7, 11) is 0. The lowest BCUT2D eigenvalue weighted by Gasteiger charge is -2.15. The molecule has 0 aromatic carbocycles. The highest BCUT2D eigenvalue weighted by molar-refractivity contribution is 7.99. The number of nitrogens with zero attached hydrogens (tertiary/aromatic N) is 1. The van der Waals surface area contributed by atoms with Gasteiger partial charge in [0.2, 0.25) is 0 Å². The second kappa shape index (κ2) is 5.52. The Morgan fingerprint density at radius 1 is 1.62 bits per heavy atom. The zero-order valence-electron chi connectivity index (χ0n) is 10.0. The van der Waals surface area contributed by atoms with Crippen LogP contribution in [0.2, 0.25) is 0 Å². The lowest BCUT2D eigenvalue weighted by molar-refractivity contribution is 0.563. The van der Waals surface area contributed by atoms with Crippen LogP contribution in [0.25, 0.3) is 0 Å². The third kappa shape index (κ3) is 2.79. The molecule has 1 aliphatic rings. The Morgan fingerprint density at radius 3 is 3.12 bits per heavy atom. The normalized spacial score (nSPS) is 21.8. The number of thiazole rings is 1. The van der Waals surface area contributed by atoms with Gasteiger partial charge in [-0.25, -0.2) is 4.98 Å². The molecular formula is C12H20N2S2. The van der Waals surface area contributed by atoms with E-state index < -0.39 is 0 Å². The molecule has 1 aromatic rings. The fourth-order valence-electron chi connectivity index (χ4n) is 1.90. The minimum atomic E-state index is 0.197. The van der Waals surface area contributed by atoms with Crippen LogP contribution in [-0.4, -0.2) is 10.2 Å². The Morgan fingerprint density at radius 2 is 2.44 bits per heavy atom. The lowest BCUT2D eigenvalue weighted by atomic mass is 9.99. The van der Waals surface area contributed by atoms with Crippen LogP contribution >= 0.6 is 23.1 Å². The molecule has 1 heterocycles. The number of fused-ring (bicyclic) bond motifs is 1. The number of aryl methyl sites for hydroxylation is 1. The van der Waals surface area contributed by atoms with Crippen molar-refractivity contribution in [1.29, 1.82) is 0 Å². The average Bonchev–Trinajstić information content (AvgIpc) is 2.70. The number of aromatic nitrogens is 1. The van der Waals surface area contributed by atoms with Crippen LogP contribution in [0.3, 0.4) is 0 Å². The molecule has 1 aliphatic carbocycles. The molecule has 1 aromatic heterocycles. The van der Waals surface area contributed by atoms with Gasteiger partial charge in [0.05, 0.1) is 5.69 Å². The first-order valence-electron chi connectivity index (χ1n) is 6.06. The molecule has 0 aliphatic heterocycles. The van der Waals surface area contributed by atoms with E-state index in [0.717, 1.165) is 17.4 Å². The van der Waals surface area contributed by atoms with Gasteiger partial charge in [-0.05, 0) is 25.7 Å². The Balaban J connectivity index is 2.01. The van der Waals surface area contributed by atoms with Crippen LogP contribution in [0.15, 0.2) is 0 Å². The van der Waals surface area contributed by atoms with Gasteiger partial charge in [-0.2, -0.15) is 11.8 Å². The molecule has 0 radical (unpaired) electrons. The van der Waals surface area contributed by atoms with Crippen LogP contribution in [0, 0.1) is 0 Å². The number of hydrogen-bond acceptors (Lipinski definition) is 4. The van der Waals surface area contributed by atoms with Crippen LogP contribution < -0.4 is 5.73 Å². The molecule has 4 heteroatoms. The maximum absolute atomic E-state index is 6.08. The van der Waals surface area contributed by atoms with E-state index in [9.17, 15) is 0 Å². The molecule has 0 spiro atoms. The molecule has 2 atom stereocenters. The van der Waals surface area contributed by atoms with Gasteiger partial charge in [0, 0.05) is 21.9 Å². The first-order chi connectivity index (χ1) is 7.70. The van der Waals surface area contributed by atoms with E-state index in [1.807, 2.05) is 23.1 Å². The SMILES string of the molecule is CCC(C)SCc1nc2c(s1)CCCC2N.